The minimum absolute atomic E-state index is 0.0159. The quantitative estimate of drug-likeness (QED) is 0.566. The molecule has 166 valence electrons. The molecule has 2 aliphatic rings. The van der Waals surface area contributed by atoms with E-state index in [1.54, 1.807) is 4.90 Å². The van der Waals surface area contributed by atoms with Gasteiger partial charge in [0.15, 0.2) is 0 Å². The van der Waals surface area contributed by atoms with Gasteiger partial charge in [0.1, 0.15) is 11.9 Å². The number of amides is 1. The lowest BCUT2D eigenvalue weighted by Crippen LogP contribution is -2.56. The summed E-state index contributed by atoms with van der Waals surface area (Å²) >= 11 is 6.48. The van der Waals surface area contributed by atoms with Crippen LogP contribution in [0.15, 0.2) is 52.9 Å². The summed E-state index contributed by atoms with van der Waals surface area (Å²) in [4.78, 5) is 16.5. The summed E-state index contributed by atoms with van der Waals surface area (Å²) in [5.41, 5.74) is 1.84. The van der Waals surface area contributed by atoms with Crippen molar-refractivity contribution in [3.05, 3.63) is 65.0 Å². The highest BCUT2D eigenvalue weighted by molar-refractivity contribution is 6.31. The number of likely N-dealkylation sites (tertiary alicyclic amines) is 1. The van der Waals surface area contributed by atoms with Crippen molar-refractivity contribution in [1.29, 1.82) is 0 Å². The van der Waals surface area contributed by atoms with E-state index in [-0.39, 0.29) is 17.9 Å². The molecule has 32 heavy (non-hydrogen) atoms. The fourth-order valence-electron chi connectivity index (χ4n) is 3.74. The second-order valence-corrected chi connectivity index (χ2v) is 8.28. The monoisotopic (exact) mass is 454 g/mol. The van der Waals surface area contributed by atoms with Gasteiger partial charge in [-0.15, -0.1) is 10.2 Å². The zero-order valence-electron chi connectivity index (χ0n) is 17.4. The van der Waals surface area contributed by atoms with Gasteiger partial charge in [-0.3, -0.25) is 9.69 Å². The summed E-state index contributed by atoms with van der Waals surface area (Å²) in [6, 6.07) is 15.1. The van der Waals surface area contributed by atoms with Gasteiger partial charge in [0.2, 0.25) is 5.89 Å². The van der Waals surface area contributed by atoms with Crippen LogP contribution >= 0.6 is 11.6 Å². The number of carbonyl (C=O) groups is 1. The van der Waals surface area contributed by atoms with Gasteiger partial charge in [0, 0.05) is 30.2 Å². The predicted octanol–water partition coefficient (Wildman–Crippen LogP) is 3.13. The highest BCUT2D eigenvalue weighted by Gasteiger charge is 2.35. The van der Waals surface area contributed by atoms with E-state index < -0.39 is 0 Å². The number of nitrogens with zero attached hydrogens (tertiary/aromatic N) is 4. The highest BCUT2D eigenvalue weighted by Crippen LogP contribution is 2.27. The number of ether oxygens (including phenoxy) is 2. The smallest absolute Gasteiger partial charge is 0.311 e. The van der Waals surface area contributed by atoms with Gasteiger partial charge in [-0.25, -0.2) is 0 Å². The van der Waals surface area contributed by atoms with E-state index >= 15 is 0 Å². The second kappa shape index (κ2) is 9.28. The first-order valence-corrected chi connectivity index (χ1v) is 11.0. The summed E-state index contributed by atoms with van der Waals surface area (Å²) in [6.07, 6.45) is -0.100. The van der Waals surface area contributed by atoms with Crippen molar-refractivity contribution in [3.63, 3.8) is 0 Å². The van der Waals surface area contributed by atoms with Crippen molar-refractivity contribution >= 4 is 17.5 Å². The van der Waals surface area contributed by atoms with Crippen molar-refractivity contribution in [2.24, 2.45) is 0 Å². The van der Waals surface area contributed by atoms with Crippen LogP contribution in [0, 0.1) is 0 Å². The highest BCUT2D eigenvalue weighted by atomic mass is 35.5. The summed E-state index contributed by atoms with van der Waals surface area (Å²) in [7, 11) is 0. The molecule has 0 bridgehead atoms. The molecule has 0 atom stereocenters. The largest absolute Gasteiger partial charge is 0.487 e. The van der Waals surface area contributed by atoms with Crippen LogP contribution in [-0.4, -0.2) is 71.4 Å². The molecule has 9 heteroatoms. The molecule has 1 amide bonds. The van der Waals surface area contributed by atoms with Crippen LogP contribution in [0.2, 0.25) is 5.02 Å². The average molecular weight is 455 g/mol. The molecule has 2 aliphatic heterocycles. The van der Waals surface area contributed by atoms with Crippen molar-refractivity contribution in [2.75, 3.05) is 39.4 Å². The molecule has 5 rings (SSSR count). The Labute approximate surface area is 190 Å². The van der Waals surface area contributed by atoms with Gasteiger partial charge < -0.3 is 18.8 Å². The third-order valence-corrected chi connectivity index (χ3v) is 5.94. The molecule has 2 aromatic carbocycles. The zero-order chi connectivity index (χ0) is 21.9. The molecule has 0 unspecified atom stereocenters. The number of rotatable bonds is 6. The first kappa shape index (κ1) is 20.9. The number of hydrogen-bond acceptors (Lipinski definition) is 7. The third-order valence-electron chi connectivity index (χ3n) is 5.59. The molecule has 2 saturated heterocycles. The van der Waals surface area contributed by atoms with Crippen LogP contribution in [0.25, 0.3) is 11.5 Å². The Hall–Kier alpha value is -2.94. The molecular weight excluding hydrogens is 432 g/mol. The van der Waals surface area contributed by atoms with E-state index in [1.165, 1.54) is 0 Å². The van der Waals surface area contributed by atoms with E-state index in [2.05, 4.69) is 15.1 Å². The van der Waals surface area contributed by atoms with Crippen LogP contribution in [-0.2, 0) is 11.3 Å². The van der Waals surface area contributed by atoms with Crippen LogP contribution in [0.5, 0.6) is 5.75 Å². The third kappa shape index (κ3) is 4.62. The van der Waals surface area contributed by atoms with Crippen LogP contribution < -0.4 is 4.74 Å². The molecule has 2 fully saturated rings. The van der Waals surface area contributed by atoms with E-state index in [4.69, 9.17) is 25.5 Å². The van der Waals surface area contributed by atoms with E-state index in [1.807, 2.05) is 48.5 Å². The van der Waals surface area contributed by atoms with Gasteiger partial charge in [-0.1, -0.05) is 35.9 Å². The number of aromatic nitrogens is 2. The second-order valence-electron chi connectivity index (χ2n) is 7.87. The zero-order valence-corrected chi connectivity index (χ0v) is 18.2. The maximum absolute atomic E-state index is 12.6. The van der Waals surface area contributed by atoms with Gasteiger partial charge in [-0.2, -0.15) is 0 Å². The average Bonchev–Trinajstić information content (AvgIpc) is 3.29. The topological polar surface area (TPSA) is 80.9 Å². The van der Waals surface area contributed by atoms with E-state index in [0.717, 1.165) is 44.0 Å². The maximum Gasteiger partial charge on any atom is 0.311 e. The fraction of sp³-hybridized carbons (Fsp3) is 0.348. The van der Waals surface area contributed by atoms with Crippen LogP contribution in [0.1, 0.15) is 16.2 Å². The molecule has 0 aliphatic carbocycles. The van der Waals surface area contributed by atoms with Gasteiger partial charge in [0.05, 0.1) is 26.3 Å². The molecule has 0 saturated carbocycles. The first-order valence-electron chi connectivity index (χ1n) is 10.6. The lowest BCUT2D eigenvalue weighted by molar-refractivity contribution is 0.0149. The minimum Gasteiger partial charge on any atom is -0.487 e. The normalized spacial score (nSPS) is 17.2. The Balaban J connectivity index is 1.14. The van der Waals surface area contributed by atoms with Gasteiger partial charge in [0.25, 0.3) is 0 Å². The van der Waals surface area contributed by atoms with Gasteiger partial charge in [-0.05, 0) is 29.8 Å². The summed E-state index contributed by atoms with van der Waals surface area (Å²) in [5, 5.41) is 8.55. The standard InChI is InChI=1S/C23H23ClN4O4/c24-20-12-18(7-6-17(20)13-27-8-10-30-11-9-27)31-19-14-28(15-19)23(29)22-26-25-21(32-22)16-4-2-1-3-5-16/h1-7,12,19H,8-11,13-15H2. The van der Waals surface area contributed by atoms with Crippen molar-refractivity contribution in [3.8, 4) is 17.2 Å². The molecular formula is C23H23ClN4O4. The lowest BCUT2D eigenvalue weighted by atomic mass is 10.1. The molecule has 0 N–H and O–H groups in total. The number of carbonyl (C=O) groups excluding carboxylic acids is 1. The van der Waals surface area contributed by atoms with Gasteiger partial charge >= 0.3 is 11.8 Å². The number of halogens is 1. The SMILES string of the molecule is O=C(c1nnc(-c2ccccc2)o1)N1CC(Oc2ccc(CN3CCOCC3)c(Cl)c2)C1. The summed E-state index contributed by atoms with van der Waals surface area (Å²) in [6.45, 7) is 5.04. The van der Waals surface area contributed by atoms with E-state index in [0.29, 0.717) is 29.8 Å². The Morgan fingerprint density at radius 3 is 2.62 bits per heavy atom. The molecule has 0 radical (unpaired) electrons. The van der Waals surface area contributed by atoms with Crippen molar-refractivity contribution in [1.82, 2.24) is 20.0 Å². The van der Waals surface area contributed by atoms with E-state index in [9.17, 15) is 4.79 Å². The Morgan fingerprint density at radius 2 is 1.88 bits per heavy atom. The lowest BCUT2D eigenvalue weighted by Gasteiger charge is -2.38. The van der Waals surface area contributed by atoms with Crippen molar-refractivity contribution in [2.45, 2.75) is 12.6 Å². The Kier molecular flexibility index (Phi) is 6.07. The van der Waals surface area contributed by atoms with Crippen molar-refractivity contribution < 1.29 is 18.7 Å². The van der Waals surface area contributed by atoms with Crippen LogP contribution in [0.4, 0.5) is 0 Å². The Morgan fingerprint density at radius 1 is 1.09 bits per heavy atom. The molecule has 3 heterocycles. The fourth-order valence-corrected chi connectivity index (χ4v) is 3.97. The minimum atomic E-state index is -0.293. The van der Waals surface area contributed by atoms with Crippen LogP contribution in [0.3, 0.4) is 0 Å². The molecule has 8 nitrogen and oxygen atoms in total. The Bertz CT molecular complexity index is 1080. The first-order chi connectivity index (χ1) is 15.7. The molecule has 0 spiro atoms. The predicted molar refractivity (Wildman–Crippen MR) is 118 cm³/mol. The summed E-state index contributed by atoms with van der Waals surface area (Å²) < 4.78 is 16.9. The molecule has 3 aromatic rings. The maximum atomic E-state index is 12.6. The summed E-state index contributed by atoms with van der Waals surface area (Å²) in [5.74, 6) is 0.715. The number of benzene rings is 2. The molecule has 1 aromatic heterocycles. The number of morpholine rings is 1. The number of hydrogen-bond donors (Lipinski definition) is 0.